The number of rotatable bonds is 8. The summed E-state index contributed by atoms with van der Waals surface area (Å²) in [6.07, 6.45) is -0.0720. The second kappa shape index (κ2) is 12.6. The fourth-order valence-electron chi connectivity index (χ4n) is 2.95. The van der Waals surface area contributed by atoms with Crippen molar-refractivity contribution in [1.82, 2.24) is 25.4 Å². The second-order valence-corrected chi connectivity index (χ2v) is 7.86. The van der Waals surface area contributed by atoms with E-state index in [1.807, 2.05) is 67.9 Å². The Kier molecular flexibility index (Phi) is 10.2. The number of aliphatic imine (C=N–C) groups is 1. The molecule has 32 heavy (non-hydrogen) atoms. The largest absolute Gasteiger partial charge is 0.489 e. The number of hydrogen-bond donors (Lipinski definition) is 2. The van der Waals surface area contributed by atoms with Gasteiger partial charge in [0.25, 0.3) is 0 Å². The smallest absolute Gasteiger partial charge is 0.192 e. The molecule has 2 N–H and O–H groups in total. The summed E-state index contributed by atoms with van der Waals surface area (Å²) < 4.78 is 7.90. The highest BCUT2D eigenvalue weighted by atomic mass is 127. The summed E-state index contributed by atoms with van der Waals surface area (Å²) in [7, 11) is 1.94. The highest BCUT2D eigenvalue weighted by Crippen LogP contribution is 2.16. The Balaban J connectivity index is 0.00000363. The zero-order chi connectivity index (χ0) is 22.2. The van der Waals surface area contributed by atoms with E-state index in [1.165, 1.54) is 5.56 Å². The topological polar surface area (TPSA) is 76.4 Å². The third-order valence-electron chi connectivity index (χ3n) is 4.92. The number of aromatic nitrogens is 3. The van der Waals surface area contributed by atoms with Crippen LogP contribution in [0.15, 0.2) is 59.6 Å². The van der Waals surface area contributed by atoms with Crippen LogP contribution in [0.1, 0.15) is 37.1 Å². The van der Waals surface area contributed by atoms with Crippen molar-refractivity contribution in [1.29, 1.82) is 0 Å². The van der Waals surface area contributed by atoms with Crippen LogP contribution >= 0.6 is 35.6 Å². The molecule has 2 unspecified atom stereocenters. The molecule has 1 heterocycles. The minimum absolute atomic E-state index is 0. The summed E-state index contributed by atoms with van der Waals surface area (Å²) in [5, 5.41) is 15.8. The van der Waals surface area contributed by atoms with Crippen LogP contribution in [-0.2, 0) is 13.6 Å². The summed E-state index contributed by atoms with van der Waals surface area (Å²) in [6, 6.07) is 17.7. The van der Waals surface area contributed by atoms with Gasteiger partial charge in [-0.2, -0.15) is 0 Å². The molecule has 9 heteroatoms. The van der Waals surface area contributed by atoms with Gasteiger partial charge in [0.2, 0.25) is 0 Å². The monoisotopic (exact) mass is 568 g/mol. The first-order valence-corrected chi connectivity index (χ1v) is 10.7. The lowest BCUT2D eigenvalue weighted by Gasteiger charge is -2.21. The van der Waals surface area contributed by atoms with Gasteiger partial charge in [-0.25, -0.2) is 4.99 Å². The number of benzene rings is 2. The van der Waals surface area contributed by atoms with Gasteiger partial charge in [-0.1, -0.05) is 41.9 Å². The van der Waals surface area contributed by atoms with Gasteiger partial charge in [-0.05, 0) is 50.6 Å². The number of nitrogens with one attached hydrogen (secondary N) is 2. The molecule has 3 aromatic rings. The lowest BCUT2D eigenvalue weighted by molar-refractivity contribution is 0.223. The fraction of sp³-hybridized carbons (Fsp3) is 0.348. The lowest BCUT2D eigenvalue weighted by atomic mass is 10.1. The maximum atomic E-state index is 5.96. The molecule has 7 nitrogen and oxygen atoms in total. The van der Waals surface area contributed by atoms with Crippen molar-refractivity contribution in [2.45, 2.75) is 39.5 Å². The van der Waals surface area contributed by atoms with E-state index in [0.29, 0.717) is 24.1 Å². The zero-order valence-electron chi connectivity index (χ0n) is 18.7. The molecule has 0 aliphatic heterocycles. The van der Waals surface area contributed by atoms with Crippen molar-refractivity contribution in [3.8, 4) is 5.75 Å². The standard InChI is InChI=1S/C23H29ClN6O.HI/c1-16(31-21-12-10-20(24)11-13-21)14-25-23(26-15-22-29-28-18(3)30(22)4)27-17(2)19-8-6-5-7-9-19;/h5-13,16-17H,14-15H2,1-4H3,(H2,25,26,27);1H. The van der Waals surface area contributed by atoms with E-state index < -0.39 is 0 Å². The average molecular weight is 569 g/mol. The molecule has 0 aliphatic carbocycles. The molecular weight excluding hydrogens is 539 g/mol. The average Bonchev–Trinajstić information content (AvgIpc) is 3.10. The molecule has 3 rings (SSSR count). The van der Waals surface area contributed by atoms with Crippen LogP contribution in [0.25, 0.3) is 0 Å². The van der Waals surface area contributed by atoms with Gasteiger partial charge in [0, 0.05) is 12.1 Å². The maximum absolute atomic E-state index is 5.96. The highest BCUT2D eigenvalue weighted by Gasteiger charge is 2.11. The number of hydrogen-bond acceptors (Lipinski definition) is 4. The third-order valence-corrected chi connectivity index (χ3v) is 5.17. The third kappa shape index (κ3) is 7.67. The van der Waals surface area contributed by atoms with Crippen molar-refractivity contribution < 1.29 is 4.74 Å². The number of ether oxygens (including phenoxy) is 1. The van der Waals surface area contributed by atoms with Gasteiger partial charge in [0.1, 0.15) is 24.2 Å². The summed E-state index contributed by atoms with van der Waals surface area (Å²) in [4.78, 5) is 4.72. The normalized spacial score (nSPS) is 13.1. The van der Waals surface area contributed by atoms with Crippen molar-refractivity contribution >= 4 is 41.5 Å². The Morgan fingerprint density at radius 2 is 1.78 bits per heavy atom. The van der Waals surface area contributed by atoms with E-state index >= 15 is 0 Å². The summed E-state index contributed by atoms with van der Waals surface area (Å²) >= 11 is 5.94. The molecule has 0 spiro atoms. The van der Waals surface area contributed by atoms with E-state index in [1.54, 1.807) is 0 Å². The van der Waals surface area contributed by atoms with Gasteiger partial charge >= 0.3 is 0 Å². The number of nitrogens with zero attached hydrogens (tertiary/aromatic N) is 4. The van der Waals surface area contributed by atoms with E-state index in [0.717, 1.165) is 17.4 Å². The zero-order valence-corrected chi connectivity index (χ0v) is 21.8. The van der Waals surface area contributed by atoms with Crippen molar-refractivity contribution in [3.05, 3.63) is 76.8 Å². The van der Waals surface area contributed by atoms with E-state index in [9.17, 15) is 0 Å². The highest BCUT2D eigenvalue weighted by molar-refractivity contribution is 14.0. The van der Waals surface area contributed by atoms with E-state index in [4.69, 9.17) is 21.3 Å². The Morgan fingerprint density at radius 1 is 1.09 bits per heavy atom. The lowest BCUT2D eigenvalue weighted by Crippen LogP contribution is -2.42. The molecule has 0 amide bonds. The fourth-order valence-corrected chi connectivity index (χ4v) is 3.07. The first kappa shape index (κ1) is 25.9. The predicted octanol–water partition coefficient (Wildman–Crippen LogP) is 4.66. The first-order chi connectivity index (χ1) is 14.9. The number of halogens is 2. The Morgan fingerprint density at radius 3 is 2.41 bits per heavy atom. The minimum Gasteiger partial charge on any atom is -0.489 e. The molecule has 172 valence electrons. The van der Waals surface area contributed by atoms with Crippen LogP contribution in [0.2, 0.25) is 5.02 Å². The van der Waals surface area contributed by atoms with Crippen molar-refractivity contribution in [2.75, 3.05) is 6.54 Å². The maximum Gasteiger partial charge on any atom is 0.192 e. The molecule has 0 saturated heterocycles. The molecule has 0 aliphatic rings. The van der Waals surface area contributed by atoms with Gasteiger partial charge in [-0.15, -0.1) is 34.2 Å². The summed E-state index contributed by atoms with van der Waals surface area (Å²) in [6.45, 7) is 7.03. The SMILES string of the molecule is Cc1nnc(CN=C(NCC(C)Oc2ccc(Cl)cc2)NC(C)c2ccccc2)n1C.I. The van der Waals surface area contributed by atoms with Crippen molar-refractivity contribution in [3.63, 3.8) is 0 Å². The van der Waals surface area contributed by atoms with Crippen LogP contribution in [0.5, 0.6) is 5.75 Å². The predicted molar refractivity (Wildman–Crippen MR) is 140 cm³/mol. The summed E-state index contributed by atoms with van der Waals surface area (Å²) in [5.74, 6) is 3.12. The molecule has 0 saturated carbocycles. The number of guanidine groups is 1. The molecule has 0 radical (unpaired) electrons. The quantitative estimate of drug-likeness (QED) is 0.235. The van der Waals surface area contributed by atoms with Gasteiger partial charge in [0.05, 0.1) is 12.6 Å². The first-order valence-electron chi connectivity index (χ1n) is 10.3. The van der Waals surface area contributed by atoms with Gasteiger partial charge in [0.15, 0.2) is 11.8 Å². The molecule has 2 atom stereocenters. The Hall–Kier alpha value is -2.33. The molecular formula is C23H30ClIN6O. The molecule has 1 aromatic heterocycles. The Labute approximate surface area is 211 Å². The van der Waals surface area contributed by atoms with Crippen LogP contribution in [0, 0.1) is 6.92 Å². The second-order valence-electron chi connectivity index (χ2n) is 7.43. The number of aryl methyl sites for hydroxylation is 1. The summed E-state index contributed by atoms with van der Waals surface area (Å²) in [5.41, 5.74) is 1.18. The molecule has 0 bridgehead atoms. The van der Waals surface area contributed by atoms with Crippen molar-refractivity contribution in [2.24, 2.45) is 12.0 Å². The molecule has 0 fully saturated rings. The van der Waals surface area contributed by atoms with Crippen LogP contribution in [-0.4, -0.2) is 33.4 Å². The van der Waals surface area contributed by atoms with Crippen LogP contribution in [0.3, 0.4) is 0 Å². The van der Waals surface area contributed by atoms with E-state index in [2.05, 4.69) is 39.9 Å². The van der Waals surface area contributed by atoms with Gasteiger partial charge in [-0.3, -0.25) is 0 Å². The minimum atomic E-state index is -0.0720. The Bertz CT molecular complexity index is 993. The van der Waals surface area contributed by atoms with Crippen LogP contribution in [0.4, 0.5) is 0 Å². The molecule has 2 aromatic carbocycles. The van der Waals surface area contributed by atoms with Crippen LogP contribution < -0.4 is 15.4 Å². The van der Waals surface area contributed by atoms with E-state index in [-0.39, 0.29) is 36.1 Å². The van der Waals surface area contributed by atoms with Gasteiger partial charge < -0.3 is 19.9 Å².